The van der Waals surface area contributed by atoms with Gasteiger partial charge in [0.1, 0.15) is 0 Å². The third kappa shape index (κ3) is 7.40. The number of esters is 1. The molecular weight excluding hydrogens is 330 g/mol. The van der Waals surface area contributed by atoms with Crippen LogP contribution < -0.4 is 0 Å². The molecule has 26 heavy (non-hydrogen) atoms. The van der Waals surface area contributed by atoms with Crippen molar-refractivity contribution in [2.24, 2.45) is 5.92 Å². The van der Waals surface area contributed by atoms with E-state index in [1.54, 1.807) is 31.1 Å². The zero-order valence-corrected chi connectivity index (χ0v) is 16.5. The van der Waals surface area contributed by atoms with Gasteiger partial charge in [-0.15, -0.1) is 0 Å². The van der Waals surface area contributed by atoms with Crippen LogP contribution in [0.3, 0.4) is 0 Å². The SMILES string of the molecule is COCCCN(CC(C)C(=O)OC)C(=O)/C=C/c1ccc(C(C)C)cc1. The summed E-state index contributed by atoms with van der Waals surface area (Å²) in [6.45, 7) is 7.48. The molecule has 0 aliphatic carbocycles. The first-order valence-electron chi connectivity index (χ1n) is 9.02. The summed E-state index contributed by atoms with van der Waals surface area (Å²) in [4.78, 5) is 25.9. The van der Waals surface area contributed by atoms with E-state index in [9.17, 15) is 9.59 Å². The highest BCUT2D eigenvalue weighted by molar-refractivity contribution is 5.92. The molecule has 1 aromatic rings. The van der Waals surface area contributed by atoms with E-state index < -0.39 is 0 Å². The summed E-state index contributed by atoms with van der Waals surface area (Å²) in [6.07, 6.45) is 4.08. The van der Waals surface area contributed by atoms with Gasteiger partial charge in [-0.2, -0.15) is 0 Å². The lowest BCUT2D eigenvalue weighted by molar-refractivity contribution is -0.146. The van der Waals surface area contributed by atoms with E-state index in [0.29, 0.717) is 32.0 Å². The van der Waals surface area contributed by atoms with Gasteiger partial charge in [-0.05, 0) is 29.5 Å². The van der Waals surface area contributed by atoms with Gasteiger partial charge in [0.2, 0.25) is 5.91 Å². The first-order valence-corrected chi connectivity index (χ1v) is 9.02. The van der Waals surface area contributed by atoms with Crippen LogP contribution in [0.2, 0.25) is 0 Å². The zero-order chi connectivity index (χ0) is 19.5. The van der Waals surface area contributed by atoms with E-state index in [1.807, 2.05) is 12.1 Å². The number of amides is 1. The molecule has 1 rings (SSSR count). The summed E-state index contributed by atoms with van der Waals surface area (Å²) in [7, 11) is 2.99. The minimum atomic E-state index is -0.370. The van der Waals surface area contributed by atoms with Gasteiger partial charge < -0.3 is 14.4 Å². The number of methoxy groups -OCH3 is 2. The summed E-state index contributed by atoms with van der Waals surface area (Å²) in [6, 6.07) is 8.16. The Morgan fingerprint density at radius 2 is 1.77 bits per heavy atom. The van der Waals surface area contributed by atoms with Crippen LogP contribution in [0.5, 0.6) is 0 Å². The second-order valence-electron chi connectivity index (χ2n) is 6.71. The van der Waals surface area contributed by atoms with Crippen LogP contribution in [-0.4, -0.2) is 50.7 Å². The van der Waals surface area contributed by atoms with Crippen LogP contribution in [-0.2, 0) is 19.1 Å². The van der Waals surface area contributed by atoms with Crippen LogP contribution >= 0.6 is 0 Å². The molecule has 5 nitrogen and oxygen atoms in total. The number of carbonyl (C=O) groups is 2. The van der Waals surface area contributed by atoms with Gasteiger partial charge in [0.05, 0.1) is 13.0 Å². The molecule has 1 atom stereocenters. The maximum atomic E-state index is 12.6. The Bertz CT molecular complexity index is 593. The maximum absolute atomic E-state index is 12.6. The van der Waals surface area contributed by atoms with Crippen molar-refractivity contribution in [2.75, 3.05) is 33.9 Å². The summed E-state index contributed by atoms with van der Waals surface area (Å²) >= 11 is 0. The highest BCUT2D eigenvalue weighted by atomic mass is 16.5. The van der Waals surface area contributed by atoms with E-state index in [2.05, 4.69) is 26.0 Å². The smallest absolute Gasteiger partial charge is 0.310 e. The molecule has 144 valence electrons. The quantitative estimate of drug-likeness (QED) is 0.364. The molecule has 0 aliphatic rings. The summed E-state index contributed by atoms with van der Waals surface area (Å²) in [5.74, 6) is -0.330. The van der Waals surface area contributed by atoms with Crippen molar-refractivity contribution in [3.05, 3.63) is 41.5 Å². The lowest BCUT2D eigenvalue weighted by Crippen LogP contribution is -2.37. The molecule has 1 unspecified atom stereocenters. The van der Waals surface area contributed by atoms with E-state index in [4.69, 9.17) is 9.47 Å². The number of hydrogen-bond donors (Lipinski definition) is 0. The number of nitrogens with zero attached hydrogens (tertiary/aromatic N) is 1. The molecule has 5 heteroatoms. The lowest BCUT2D eigenvalue weighted by Gasteiger charge is -2.23. The van der Waals surface area contributed by atoms with Crippen LogP contribution in [0.15, 0.2) is 30.3 Å². The fourth-order valence-electron chi connectivity index (χ4n) is 2.56. The van der Waals surface area contributed by atoms with Crippen LogP contribution in [0.25, 0.3) is 6.08 Å². The lowest BCUT2D eigenvalue weighted by atomic mass is 10.0. The average molecular weight is 361 g/mol. The summed E-state index contributed by atoms with van der Waals surface area (Å²) in [5.41, 5.74) is 2.24. The van der Waals surface area contributed by atoms with Crippen molar-refractivity contribution in [1.82, 2.24) is 4.90 Å². The van der Waals surface area contributed by atoms with E-state index in [-0.39, 0.29) is 17.8 Å². The third-order valence-corrected chi connectivity index (χ3v) is 4.21. The molecular formula is C21H31NO4. The van der Waals surface area contributed by atoms with Crippen LogP contribution in [0, 0.1) is 5.92 Å². The Hall–Kier alpha value is -2.14. The van der Waals surface area contributed by atoms with Gasteiger partial charge in [-0.1, -0.05) is 45.0 Å². The maximum Gasteiger partial charge on any atom is 0.310 e. The normalized spacial score (nSPS) is 12.4. The summed E-state index contributed by atoms with van der Waals surface area (Å²) < 4.78 is 9.82. The van der Waals surface area contributed by atoms with Crippen molar-refractivity contribution in [3.63, 3.8) is 0 Å². The van der Waals surface area contributed by atoms with Gasteiger partial charge in [-0.3, -0.25) is 9.59 Å². The molecule has 0 bridgehead atoms. The predicted molar refractivity (Wildman–Crippen MR) is 104 cm³/mol. The van der Waals surface area contributed by atoms with Gasteiger partial charge in [-0.25, -0.2) is 0 Å². The van der Waals surface area contributed by atoms with Gasteiger partial charge in [0.25, 0.3) is 0 Å². The molecule has 0 fully saturated rings. The van der Waals surface area contributed by atoms with Gasteiger partial charge in [0, 0.05) is 32.9 Å². The van der Waals surface area contributed by atoms with Crippen molar-refractivity contribution in [3.8, 4) is 0 Å². The molecule has 0 saturated heterocycles. The molecule has 0 aliphatic heterocycles. The largest absolute Gasteiger partial charge is 0.469 e. The number of rotatable bonds is 10. The summed E-state index contributed by atoms with van der Waals surface area (Å²) in [5, 5.41) is 0. The molecule has 0 aromatic heterocycles. The monoisotopic (exact) mass is 361 g/mol. The Morgan fingerprint density at radius 1 is 1.12 bits per heavy atom. The third-order valence-electron chi connectivity index (χ3n) is 4.21. The Balaban J connectivity index is 2.77. The molecule has 0 spiro atoms. The van der Waals surface area contributed by atoms with E-state index >= 15 is 0 Å². The van der Waals surface area contributed by atoms with E-state index in [0.717, 1.165) is 5.56 Å². The zero-order valence-electron chi connectivity index (χ0n) is 16.5. The highest BCUT2D eigenvalue weighted by Crippen LogP contribution is 2.15. The first-order chi connectivity index (χ1) is 12.4. The molecule has 0 N–H and O–H groups in total. The standard InChI is InChI=1S/C21H31NO4/c1-16(2)19-10-7-18(8-11-19)9-12-20(23)22(13-6-14-25-4)15-17(3)21(24)26-5/h7-12,16-17H,6,13-15H2,1-5H3/b12-9+. The minimum absolute atomic E-state index is 0.121. The number of hydrogen-bond acceptors (Lipinski definition) is 4. The topological polar surface area (TPSA) is 55.8 Å². The number of carbonyl (C=O) groups excluding carboxylic acids is 2. The van der Waals surface area contributed by atoms with Crippen molar-refractivity contribution in [2.45, 2.75) is 33.1 Å². The second kappa shape index (κ2) is 11.5. The highest BCUT2D eigenvalue weighted by Gasteiger charge is 2.20. The molecule has 1 amide bonds. The van der Waals surface area contributed by atoms with Gasteiger partial charge >= 0.3 is 5.97 Å². The molecule has 0 radical (unpaired) electrons. The molecule has 0 saturated carbocycles. The number of ether oxygens (including phenoxy) is 2. The molecule has 0 heterocycles. The second-order valence-corrected chi connectivity index (χ2v) is 6.71. The van der Waals surface area contributed by atoms with Crippen molar-refractivity contribution >= 4 is 18.0 Å². The Morgan fingerprint density at radius 3 is 2.31 bits per heavy atom. The fourth-order valence-corrected chi connectivity index (χ4v) is 2.56. The van der Waals surface area contributed by atoms with E-state index in [1.165, 1.54) is 12.7 Å². The number of benzene rings is 1. The van der Waals surface area contributed by atoms with Gasteiger partial charge in [0.15, 0.2) is 0 Å². The average Bonchev–Trinajstić information content (AvgIpc) is 2.64. The fraction of sp³-hybridized carbons (Fsp3) is 0.524. The predicted octanol–water partition coefficient (Wildman–Crippen LogP) is 3.50. The minimum Gasteiger partial charge on any atom is -0.469 e. The van der Waals surface area contributed by atoms with Crippen molar-refractivity contribution < 1.29 is 19.1 Å². The molecule has 1 aromatic carbocycles. The Kier molecular flexibility index (Phi) is 9.66. The Labute approximate surface area is 157 Å². The van der Waals surface area contributed by atoms with Crippen molar-refractivity contribution in [1.29, 1.82) is 0 Å². The van der Waals surface area contributed by atoms with Crippen LogP contribution in [0.1, 0.15) is 44.2 Å². The van der Waals surface area contributed by atoms with Crippen LogP contribution in [0.4, 0.5) is 0 Å². The first kappa shape index (κ1) is 21.9.